The van der Waals surface area contributed by atoms with E-state index in [4.69, 9.17) is 5.21 Å². The van der Waals surface area contributed by atoms with E-state index in [-0.39, 0.29) is 29.4 Å². The van der Waals surface area contributed by atoms with Crippen LogP contribution in [0.2, 0.25) is 0 Å². The van der Waals surface area contributed by atoms with Gasteiger partial charge < -0.3 is 20.6 Å². The average Bonchev–Trinajstić information content (AvgIpc) is 3.27. The normalized spacial score (nSPS) is 13.7. The molecule has 144 valence electrons. The van der Waals surface area contributed by atoms with Crippen molar-refractivity contribution < 1.29 is 15.1 Å². The Labute approximate surface area is 163 Å². The van der Waals surface area contributed by atoms with E-state index < -0.39 is 5.91 Å². The molecule has 4 N–H and O–H groups in total. The fraction of sp³-hybridized carbons (Fsp3) is 0.263. The predicted octanol–water partition coefficient (Wildman–Crippen LogP) is 2.31. The Kier molecular flexibility index (Phi) is 4.60. The van der Waals surface area contributed by atoms with Gasteiger partial charge in [-0.05, 0) is 49.4 Å². The molecule has 4 rings (SSSR count). The fourth-order valence-electron chi connectivity index (χ4n) is 3.41. The molecule has 0 saturated heterocycles. The molecule has 0 bridgehead atoms. The lowest BCUT2D eigenvalue weighted by atomic mass is 10.1. The van der Waals surface area contributed by atoms with Gasteiger partial charge in [0.1, 0.15) is 10.6 Å². The molecular weight excluding hydrogens is 380 g/mol. The molecule has 1 aromatic carbocycles. The number of aromatic amines is 1. The van der Waals surface area contributed by atoms with Gasteiger partial charge in [-0.3, -0.25) is 9.59 Å². The lowest BCUT2D eigenvalue weighted by molar-refractivity contribution is 0.0940. The molecule has 28 heavy (non-hydrogen) atoms. The second-order valence-electron chi connectivity index (χ2n) is 6.67. The molecule has 1 amide bonds. The molecule has 1 aliphatic carbocycles. The van der Waals surface area contributed by atoms with E-state index in [9.17, 15) is 14.7 Å². The maximum Gasteiger partial charge on any atom is 0.287 e. The van der Waals surface area contributed by atoms with Crippen LogP contribution in [0, 0.1) is 0 Å². The molecular formula is C19H18N4O4S. The first-order valence-electron chi connectivity index (χ1n) is 8.81. The summed E-state index contributed by atoms with van der Waals surface area (Å²) in [6.45, 7) is 1.72. The van der Waals surface area contributed by atoms with E-state index in [1.165, 1.54) is 22.3 Å². The minimum absolute atomic E-state index is 0.0208. The number of amides is 1. The Balaban J connectivity index is 1.56. The lowest BCUT2D eigenvalue weighted by Crippen LogP contribution is -2.27. The average molecular weight is 398 g/mol. The molecule has 0 atom stereocenters. The van der Waals surface area contributed by atoms with E-state index in [0.29, 0.717) is 21.3 Å². The van der Waals surface area contributed by atoms with Gasteiger partial charge >= 0.3 is 0 Å². The van der Waals surface area contributed by atoms with Gasteiger partial charge in [-0.1, -0.05) is 11.2 Å². The SMILES string of the molecule is C/C(=N\O)c1cc(CNC(=O)c2nc3sc4c(c3c(=O)[nH]2)CCC4)ccc1O. The summed E-state index contributed by atoms with van der Waals surface area (Å²) in [5.74, 6) is -0.535. The van der Waals surface area contributed by atoms with E-state index in [0.717, 1.165) is 24.8 Å². The number of aromatic hydroxyl groups is 1. The second-order valence-corrected chi connectivity index (χ2v) is 7.76. The monoisotopic (exact) mass is 398 g/mol. The van der Waals surface area contributed by atoms with Crippen LogP contribution in [0.1, 0.15) is 45.5 Å². The van der Waals surface area contributed by atoms with Gasteiger partial charge in [0, 0.05) is 17.0 Å². The summed E-state index contributed by atoms with van der Waals surface area (Å²) >= 11 is 1.48. The van der Waals surface area contributed by atoms with Crippen LogP contribution in [0.4, 0.5) is 0 Å². The van der Waals surface area contributed by atoms with Crippen molar-refractivity contribution in [3.05, 3.63) is 55.9 Å². The minimum Gasteiger partial charge on any atom is -0.507 e. The number of nitrogens with one attached hydrogen (secondary N) is 2. The molecule has 0 unspecified atom stereocenters. The largest absolute Gasteiger partial charge is 0.507 e. The van der Waals surface area contributed by atoms with Crippen molar-refractivity contribution in [2.75, 3.05) is 0 Å². The second kappa shape index (κ2) is 7.08. The van der Waals surface area contributed by atoms with Gasteiger partial charge in [-0.15, -0.1) is 11.3 Å². The molecule has 0 radical (unpaired) electrons. The zero-order valence-corrected chi connectivity index (χ0v) is 15.9. The Hall–Kier alpha value is -3.20. The summed E-state index contributed by atoms with van der Waals surface area (Å²) in [6.07, 6.45) is 2.89. The quantitative estimate of drug-likeness (QED) is 0.305. The van der Waals surface area contributed by atoms with E-state index in [1.807, 2.05) is 0 Å². The standard InChI is InChI=1S/C19H18N4O4S/c1-9(23-27)12-7-10(5-6-13(12)24)8-20-18(26)16-21-17(25)15-11-3-2-4-14(11)28-19(15)22-16/h5-7,24,27H,2-4,8H2,1H3,(H,20,26)(H,21,22,25)/b23-9+. The molecule has 1 aliphatic rings. The highest BCUT2D eigenvalue weighted by Gasteiger charge is 2.22. The van der Waals surface area contributed by atoms with Gasteiger partial charge in [0.2, 0.25) is 5.82 Å². The summed E-state index contributed by atoms with van der Waals surface area (Å²) < 4.78 is 0. The number of rotatable bonds is 4. The number of benzene rings is 1. The number of aryl methyl sites for hydroxylation is 2. The maximum absolute atomic E-state index is 12.5. The lowest BCUT2D eigenvalue weighted by Gasteiger charge is -2.08. The van der Waals surface area contributed by atoms with Crippen molar-refractivity contribution in [3.8, 4) is 5.75 Å². The number of carbonyl (C=O) groups excluding carboxylic acids is 1. The van der Waals surface area contributed by atoms with Crippen LogP contribution in [0.25, 0.3) is 10.2 Å². The van der Waals surface area contributed by atoms with Crippen molar-refractivity contribution in [3.63, 3.8) is 0 Å². The van der Waals surface area contributed by atoms with Crippen LogP contribution in [0.5, 0.6) is 5.75 Å². The van der Waals surface area contributed by atoms with Gasteiger partial charge in [0.05, 0.1) is 11.1 Å². The number of aromatic nitrogens is 2. The van der Waals surface area contributed by atoms with E-state index in [1.54, 1.807) is 19.1 Å². The van der Waals surface area contributed by atoms with Crippen LogP contribution in [-0.2, 0) is 19.4 Å². The highest BCUT2D eigenvalue weighted by atomic mass is 32.1. The number of H-pyrrole nitrogens is 1. The van der Waals surface area contributed by atoms with Crippen LogP contribution < -0.4 is 10.9 Å². The summed E-state index contributed by atoms with van der Waals surface area (Å²) in [5.41, 5.74) is 2.11. The molecule has 0 aliphatic heterocycles. The number of carbonyl (C=O) groups is 1. The first kappa shape index (κ1) is 18.2. The number of phenolic OH excluding ortho intramolecular Hbond substituents is 1. The van der Waals surface area contributed by atoms with Gasteiger partial charge in [0.25, 0.3) is 11.5 Å². The summed E-state index contributed by atoms with van der Waals surface area (Å²) in [5, 5.41) is 25.1. The highest BCUT2D eigenvalue weighted by Crippen LogP contribution is 2.34. The molecule has 3 aromatic rings. The topological polar surface area (TPSA) is 128 Å². The van der Waals surface area contributed by atoms with Crippen LogP contribution in [-0.4, -0.2) is 31.9 Å². The molecule has 8 nitrogen and oxygen atoms in total. The van der Waals surface area contributed by atoms with Crippen LogP contribution >= 0.6 is 11.3 Å². The fourth-order valence-corrected chi connectivity index (χ4v) is 4.67. The number of phenols is 1. The van der Waals surface area contributed by atoms with Crippen LogP contribution in [0.3, 0.4) is 0 Å². The molecule has 2 heterocycles. The highest BCUT2D eigenvalue weighted by molar-refractivity contribution is 7.18. The smallest absolute Gasteiger partial charge is 0.287 e. The molecule has 2 aromatic heterocycles. The van der Waals surface area contributed by atoms with Gasteiger partial charge in [0.15, 0.2) is 0 Å². The predicted molar refractivity (Wildman–Crippen MR) is 106 cm³/mol. The van der Waals surface area contributed by atoms with Crippen molar-refractivity contribution in [2.45, 2.75) is 32.7 Å². The maximum atomic E-state index is 12.5. The Morgan fingerprint density at radius 2 is 2.21 bits per heavy atom. The van der Waals surface area contributed by atoms with E-state index >= 15 is 0 Å². The third kappa shape index (κ3) is 3.13. The molecule has 0 saturated carbocycles. The van der Waals surface area contributed by atoms with E-state index in [2.05, 4.69) is 20.4 Å². The van der Waals surface area contributed by atoms with Gasteiger partial charge in [-0.25, -0.2) is 4.98 Å². The summed E-state index contributed by atoms with van der Waals surface area (Å²) in [7, 11) is 0. The van der Waals surface area contributed by atoms with Crippen molar-refractivity contribution in [1.29, 1.82) is 0 Å². The Morgan fingerprint density at radius 1 is 1.39 bits per heavy atom. The van der Waals surface area contributed by atoms with Gasteiger partial charge in [-0.2, -0.15) is 0 Å². The number of hydrogen-bond acceptors (Lipinski definition) is 7. The number of fused-ring (bicyclic) bond motifs is 3. The number of hydrogen-bond donors (Lipinski definition) is 4. The third-order valence-electron chi connectivity index (χ3n) is 4.84. The summed E-state index contributed by atoms with van der Waals surface area (Å²) in [4.78, 5) is 33.6. The first-order chi connectivity index (χ1) is 13.5. The zero-order chi connectivity index (χ0) is 19.8. The first-order valence-corrected chi connectivity index (χ1v) is 9.63. The van der Waals surface area contributed by atoms with Crippen molar-refractivity contribution >= 4 is 33.2 Å². The number of oxime groups is 1. The molecule has 0 spiro atoms. The number of thiophene rings is 1. The zero-order valence-electron chi connectivity index (χ0n) is 15.1. The minimum atomic E-state index is -0.491. The van der Waals surface area contributed by atoms with Crippen LogP contribution in [0.15, 0.2) is 28.1 Å². The van der Waals surface area contributed by atoms with Crippen molar-refractivity contribution in [2.24, 2.45) is 5.16 Å². The summed E-state index contributed by atoms with van der Waals surface area (Å²) in [6, 6.07) is 4.73. The Morgan fingerprint density at radius 3 is 3.00 bits per heavy atom. The molecule has 9 heteroatoms. The molecule has 0 fully saturated rings. The Bertz CT molecular complexity index is 1180. The third-order valence-corrected chi connectivity index (χ3v) is 6.03. The number of nitrogens with zero attached hydrogens (tertiary/aromatic N) is 2. The van der Waals surface area contributed by atoms with Crippen molar-refractivity contribution in [1.82, 2.24) is 15.3 Å².